The number of ether oxygens (including phenoxy) is 2. The molecule has 0 bridgehead atoms. The Hall–Kier alpha value is -2.88. The maximum absolute atomic E-state index is 13.0. The van der Waals surface area contributed by atoms with Crippen molar-refractivity contribution in [1.29, 1.82) is 0 Å². The largest absolute Gasteiger partial charge is 0.493 e. The van der Waals surface area contributed by atoms with Gasteiger partial charge in [0.15, 0.2) is 11.5 Å². The molecule has 0 radical (unpaired) electrons. The van der Waals surface area contributed by atoms with E-state index >= 15 is 0 Å². The van der Waals surface area contributed by atoms with Gasteiger partial charge in [0, 0.05) is 37.6 Å². The second-order valence-electron chi connectivity index (χ2n) is 7.48. The number of hydrogen-bond donors (Lipinski definition) is 0. The molecule has 0 unspecified atom stereocenters. The molecule has 0 atom stereocenters. The number of sulfonamides is 1. The molecule has 1 amide bonds. The summed E-state index contributed by atoms with van der Waals surface area (Å²) in [5.41, 5.74) is 1.33. The minimum absolute atomic E-state index is 0.148. The number of benzene rings is 2. The zero-order chi connectivity index (χ0) is 24.0. The molecule has 0 N–H and O–H groups in total. The summed E-state index contributed by atoms with van der Waals surface area (Å²) in [7, 11) is 0.989. The van der Waals surface area contributed by atoms with Crippen molar-refractivity contribution >= 4 is 27.3 Å². The number of nitrogens with zero attached hydrogens (tertiary/aromatic N) is 2. The molecule has 0 saturated carbocycles. The van der Waals surface area contributed by atoms with Crippen molar-refractivity contribution in [2.45, 2.75) is 25.0 Å². The van der Waals surface area contributed by atoms with E-state index in [4.69, 9.17) is 9.47 Å². The maximum Gasteiger partial charge on any atom is 0.254 e. The van der Waals surface area contributed by atoms with E-state index in [0.29, 0.717) is 36.8 Å². The highest BCUT2D eigenvalue weighted by Crippen LogP contribution is 2.30. The van der Waals surface area contributed by atoms with Crippen LogP contribution in [0.3, 0.4) is 0 Å². The van der Waals surface area contributed by atoms with Crippen LogP contribution in [-0.2, 0) is 23.2 Å². The first-order valence-corrected chi connectivity index (χ1v) is 12.7. The van der Waals surface area contributed by atoms with Crippen LogP contribution in [0.1, 0.15) is 27.7 Å². The SMILES string of the molecule is CCN(Cc1ccc(OCc2cccs2)c(OC)c1)C(=O)c1ccc(S(=O)(=O)N(C)C)cc1. The van der Waals surface area contributed by atoms with Crippen LogP contribution in [0.4, 0.5) is 0 Å². The Balaban J connectivity index is 1.72. The maximum atomic E-state index is 13.0. The number of rotatable bonds is 10. The van der Waals surface area contributed by atoms with Gasteiger partial charge in [0.05, 0.1) is 12.0 Å². The minimum Gasteiger partial charge on any atom is -0.493 e. The van der Waals surface area contributed by atoms with E-state index < -0.39 is 10.0 Å². The first kappa shape index (κ1) is 24.8. The van der Waals surface area contributed by atoms with Crippen LogP contribution in [0.5, 0.6) is 11.5 Å². The molecule has 0 spiro atoms. The Bertz CT molecular complexity index is 1170. The molecule has 1 aromatic heterocycles. The molecular weight excluding hydrogens is 460 g/mol. The third kappa shape index (κ3) is 5.93. The zero-order valence-electron chi connectivity index (χ0n) is 19.1. The van der Waals surface area contributed by atoms with Crippen molar-refractivity contribution in [3.8, 4) is 11.5 Å². The van der Waals surface area contributed by atoms with Gasteiger partial charge >= 0.3 is 0 Å². The normalized spacial score (nSPS) is 11.4. The number of methoxy groups -OCH3 is 1. The lowest BCUT2D eigenvalue weighted by Gasteiger charge is -2.22. The van der Waals surface area contributed by atoms with Crippen molar-refractivity contribution in [1.82, 2.24) is 9.21 Å². The smallest absolute Gasteiger partial charge is 0.254 e. The predicted octanol–water partition coefficient (Wildman–Crippen LogP) is 4.25. The van der Waals surface area contributed by atoms with E-state index in [1.54, 1.807) is 35.5 Å². The van der Waals surface area contributed by atoms with Gasteiger partial charge in [-0.05, 0) is 60.3 Å². The van der Waals surface area contributed by atoms with Crippen LogP contribution in [-0.4, -0.2) is 51.3 Å². The first-order chi connectivity index (χ1) is 15.8. The summed E-state index contributed by atoms with van der Waals surface area (Å²) in [4.78, 5) is 16.0. The van der Waals surface area contributed by atoms with Gasteiger partial charge in [-0.2, -0.15) is 0 Å². The van der Waals surface area contributed by atoms with Gasteiger partial charge in [-0.3, -0.25) is 4.79 Å². The van der Waals surface area contributed by atoms with Crippen LogP contribution >= 0.6 is 11.3 Å². The summed E-state index contributed by atoms with van der Waals surface area (Å²) >= 11 is 1.63. The van der Waals surface area contributed by atoms with E-state index in [2.05, 4.69) is 0 Å². The highest BCUT2D eigenvalue weighted by molar-refractivity contribution is 7.89. The van der Waals surface area contributed by atoms with Gasteiger partial charge in [-0.25, -0.2) is 12.7 Å². The van der Waals surface area contributed by atoms with Gasteiger partial charge in [0.25, 0.3) is 5.91 Å². The fourth-order valence-corrected chi connectivity index (χ4v) is 4.70. The van der Waals surface area contributed by atoms with Gasteiger partial charge in [0.1, 0.15) is 6.61 Å². The average molecular weight is 489 g/mol. The molecule has 0 aliphatic heterocycles. The average Bonchev–Trinajstić information content (AvgIpc) is 3.34. The van der Waals surface area contributed by atoms with E-state index in [1.807, 2.05) is 42.6 Å². The highest BCUT2D eigenvalue weighted by Gasteiger charge is 2.20. The Morgan fingerprint density at radius 2 is 1.76 bits per heavy atom. The summed E-state index contributed by atoms with van der Waals surface area (Å²) in [5, 5.41) is 2.00. The molecular formula is C24H28N2O5S2. The molecule has 9 heteroatoms. The lowest BCUT2D eigenvalue weighted by Crippen LogP contribution is -2.30. The number of hydrogen-bond acceptors (Lipinski definition) is 6. The van der Waals surface area contributed by atoms with E-state index in [1.165, 1.54) is 26.2 Å². The summed E-state index contributed by atoms with van der Waals surface area (Å²) in [6.45, 7) is 3.25. The summed E-state index contributed by atoms with van der Waals surface area (Å²) in [6, 6.07) is 15.6. The minimum atomic E-state index is -3.54. The van der Waals surface area contributed by atoms with Gasteiger partial charge < -0.3 is 14.4 Å². The number of thiophene rings is 1. The number of amides is 1. The fraction of sp³-hybridized carbons (Fsp3) is 0.292. The molecule has 176 valence electrons. The Kier molecular flexibility index (Phi) is 8.12. The quantitative estimate of drug-likeness (QED) is 0.427. The number of carbonyl (C=O) groups is 1. The summed E-state index contributed by atoms with van der Waals surface area (Å²) in [5.74, 6) is 1.07. The molecule has 0 saturated heterocycles. The predicted molar refractivity (Wildman–Crippen MR) is 129 cm³/mol. The van der Waals surface area contributed by atoms with E-state index in [0.717, 1.165) is 14.7 Å². The van der Waals surface area contributed by atoms with Crippen LogP contribution in [0.2, 0.25) is 0 Å². The van der Waals surface area contributed by atoms with Crippen molar-refractivity contribution in [3.05, 3.63) is 76.0 Å². The lowest BCUT2D eigenvalue weighted by atomic mass is 10.1. The van der Waals surface area contributed by atoms with Crippen molar-refractivity contribution in [3.63, 3.8) is 0 Å². The molecule has 0 aliphatic rings. The Morgan fingerprint density at radius 1 is 1.03 bits per heavy atom. The van der Waals surface area contributed by atoms with Gasteiger partial charge in [-0.1, -0.05) is 12.1 Å². The van der Waals surface area contributed by atoms with Crippen molar-refractivity contribution in [2.24, 2.45) is 0 Å². The monoisotopic (exact) mass is 488 g/mol. The summed E-state index contributed by atoms with van der Waals surface area (Å²) in [6.07, 6.45) is 0. The second kappa shape index (κ2) is 10.8. The molecule has 1 heterocycles. The standard InChI is InChI=1S/C24H28N2O5S2/c1-5-26(24(27)19-9-11-21(12-10-19)33(28,29)25(2)3)16-18-8-13-22(23(15-18)30-4)31-17-20-7-6-14-32-20/h6-15H,5,16-17H2,1-4H3. The van der Waals surface area contributed by atoms with E-state index in [-0.39, 0.29) is 10.8 Å². The van der Waals surface area contributed by atoms with Gasteiger partial charge in [-0.15, -0.1) is 11.3 Å². The first-order valence-electron chi connectivity index (χ1n) is 10.4. The Labute approximate surface area is 199 Å². The molecule has 3 rings (SSSR count). The molecule has 2 aromatic carbocycles. The Morgan fingerprint density at radius 3 is 2.33 bits per heavy atom. The molecule has 0 fully saturated rings. The van der Waals surface area contributed by atoms with Crippen LogP contribution in [0.15, 0.2) is 64.9 Å². The van der Waals surface area contributed by atoms with Crippen LogP contribution < -0.4 is 9.47 Å². The molecule has 7 nitrogen and oxygen atoms in total. The summed E-state index contributed by atoms with van der Waals surface area (Å²) < 4.78 is 37.0. The van der Waals surface area contributed by atoms with Crippen LogP contribution in [0.25, 0.3) is 0 Å². The van der Waals surface area contributed by atoms with Crippen LogP contribution in [0, 0.1) is 0 Å². The highest BCUT2D eigenvalue weighted by atomic mass is 32.2. The number of carbonyl (C=O) groups excluding carboxylic acids is 1. The van der Waals surface area contributed by atoms with Crippen molar-refractivity contribution < 1.29 is 22.7 Å². The van der Waals surface area contributed by atoms with E-state index in [9.17, 15) is 13.2 Å². The lowest BCUT2D eigenvalue weighted by molar-refractivity contribution is 0.0752. The molecule has 0 aliphatic carbocycles. The zero-order valence-corrected chi connectivity index (χ0v) is 20.8. The second-order valence-corrected chi connectivity index (χ2v) is 10.7. The van der Waals surface area contributed by atoms with Crippen molar-refractivity contribution in [2.75, 3.05) is 27.7 Å². The van der Waals surface area contributed by atoms with Gasteiger partial charge in [0.2, 0.25) is 10.0 Å². The third-order valence-corrected chi connectivity index (χ3v) is 7.78. The third-order valence-electron chi connectivity index (χ3n) is 5.10. The fourth-order valence-electron chi connectivity index (χ4n) is 3.18. The molecule has 33 heavy (non-hydrogen) atoms. The molecule has 3 aromatic rings. The topological polar surface area (TPSA) is 76.1 Å².